The molecule has 4 aromatic rings. The summed E-state index contributed by atoms with van der Waals surface area (Å²) < 4.78 is 2.20. The van der Waals surface area contributed by atoms with Crippen molar-refractivity contribution in [2.45, 2.75) is 44.6 Å². The summed E-state index contributed by atoms with van der Waals surface area (Å²) in [5.41, 5.74) is 2.92. The highest BCUT2D eigenvalue weighted by Gasteiger charge is 2.14. The highest BCUT2D eigenvalue weighted by atomic mass is 35.5. The predicted molar refractivity (Wildman–Crippen MR) is 114 cm³/mol. The van der Waals surface area contributed by atoms with Crippen LogP contribution in [0.4, 0.5) is 0 Å². The van der Waals surface area contributed by atoms with Crippen molar-refractivity contribution in [1.82, 2.24) is 19.5 Å². The van der Waals surface area contributed by atoms with Crippen LogP contribution in [0, 0.1) is 13.8 Å². The van der Waals surface area contributed by atoms with Crippen molar-refractivity contribution in [3.05, 3.63) is 49.8 Å². The second-order valence-electron chi connectivity index (χ2n) is 6.44. The first-order valence-electron chi connectivity index (χ1n) is 8.75. The second-order valence-corrected chi connectivity index (χ2v) is 9.03. The zero-order valence-corrected chi connectivity index (χ0v) is 17.7. The number of rotatable bonds is 5. The van der Waals surface area contributed by atoms with Gasteiger partial charge in [0.1, 0.15) is 10.7 Å². The summed E-state index contributed by atoms with van der Waals surface area (Å²) in [7, 11) is 0. The van der Waals surface area contributed by atoms with Crippen LogP contribution in [0.25, 0.3) is 21.3 Å². The highest BCUT2D eigenvalue weighted by Crippen LogP contribution is 2.29. The molecule has 8 heteroatoms. The Hall–Kier alpha value is -1.83. The van der Waals surface area contributed by atoms with Crippen LogP contribution in [0.5, 0.6) is 0 Å². The van der Waals surface area contributed by atoms with Crippen molar-refractivity contribution in [3.8, 4) is 0 Å². The minimum atomic E-state index is -0.0636. The Kier molecular flexibility index (Phi) is 5.01. The molecule has 0 amide bonds. The second kappa shape index (κ2) is 7.30. The van der Waals surface area contributed by atoms with Crippen LogP contribution < -0.4 is 5.56 Å². The number of imidazole rings is 1. The van der Waals surface area contributed by atoms with Crippen molar-refractivity contribution >= 4 is 55.9 Å². The van der Waals surface area contributed by atoms with Crippen LogP contribution in [-0.2, 0) is 12.3 Å². The lowest BCUT2D eigenvalue weighted by atomic mass is 10.2. The zero-order valence-electron chi connectivity index (χ0n) is 15.3. The number of aromatic nitrogens is 4. The number of benzene rings is 1. The maximum absolute atomic E-state index is 12.5. The first kappa shape index (κ1) is 18.5. The minimum Gasteiger partial charge on any atom is -0.319 e. The molecule has 3 heterocycles. The van der Waals surface area contributed by atoms with Gasteiger partial charge < -0.3 is 9.55 Å². The van der Waals surface area contributed by atoms with Gasteiger partial charge in [-0.15, -0.1) is 11.3 Å². The smallest absolute Gasteiger partial charge is 0.259 e. The van der Waals surface area contributed by atoms with Gasteiger partial charge in [0.15, 0.2) is 5.16 Å². The molecule has 0 aliphatic heterocycles. The lowest BCUT2D eigenvalue weighted by molar-refractivity contribution is 0.638. The molecule has 1 N–H and O–H groups in total. The van der Waals surface area contributed by atoms with Gasteiger partial charge in [-0.25, -0.2) is 9.97 Å². The number of thiophene rings is 1. The number of hydrogen-bond donors (Lipinski definition) is 1. The van der Waals surface area contributed by atoms with E-state index in [-0.39, 0.29) is 5.56 Å². The van der Waals surface area contributed by atoms with E-state index in [1.807, 2.05) is 32.0 Å². The average molecular weight is 419 g/mol. The number of thioether (sulfide) groups is 1. The van der Waals surface area contributed by atoms with Crippen molar-refractivity contribution in [2.75, 3.05) is 0 Å². The number of aromatic amines is 1. The molecule has 0 saturated heterocycles. The van der Waals surface area contributed by atoms with Crippen molar-refractivity contribution in [3.63, 3.8) is 0 Å². The van der Waals surface area contributed by atoms with E-state index in [9.17, 15) is 4.79 Å². The number of halogens is 1. The van der Waals surface area contributed by atoms with Gasteiger partial charge in [0, 0.05) is 16.4 Å². The fourth-order valence-electron chi connectivity index (χ4n) is 3.13. The summed E-state index contributed by atoms with van der Waals surface area (Å²) >= 11 is 9.26. The van der Waals surface area contributed by atoms with E-state index in [2.05, 4.69) is 21.5 Å². The molecule has 0 radical (unpaired) electrons. The Morgan fingerprint density at radius 1 is 1.30 bits per heavy atom. The van der Waals surface area contributed by atoms with Crippen LogP contribution in [0.15, 0.2) is 28.2 Å². The van der Waals surface area contributed by atoms with Gasteiger partial charge in [0.25, 0.3) is 5.56 Å². The van der Waals surface area contributed by atoms with Crippen molar-refractivity contribution < 1.29 is 0 Å². The van der Waals surface area contributed by atoms with E-state index in [1.54, 1.807) is 23.1 Å². The molecule has 27 heavy (non-hydrogen) atoms. The number of hydrogen-bond acceptors (Lipinski definition) is 5. The van der Waals surface area contributed by atoms with E-state index in [0.717, 1.165) is 44.4 Å². The van der Waals surface area contributed by atoms with Gasteiger partial charge in [-0.1, -0.05) is 30.3 Å². The Bertz CT molecular complexity index is 1210. The molecule has 0 atom stereocenters. The van der Waals surface area contributed by atoms with Crippen LogP contribution >= 0.6 is 34.7 Å². The molecule has 0 aliphatic carbocycles. The number of aryl methyl sites for hydroxylation is 3. The fourth-order valence-corrected chi connectivity index (χ4v) is 5.26. The largest absolute Gasteiger partial charge is 0.319 e. The van der Waals surface area contributed by atoms with E-state index >= 15 is 0 Å². The molecular weight excluding hydrogens is 400 g/mol. The molecule has 0 unspecified atom stereocenters. The maximum Gasteiger partial charge on any atom is 0.259 e. The van der Waals surface area contributed by atoms with Crippen LogP contribution in [0.3, 0.4) is 0 Å². The maximum atomic E-state index is 12.5. The van der Waals surface area contributed by atoms with Gasteiger partial charge in [-0.2, -0.15) is 0 Å². The number of nitrogens with one attached hydrogen (secondary N) is 1. The molecule has 5 nitrogen and oxygen atoms in total. The minimum absolute atomic E-state index is 0.0636. The van der Waals surface area contributed by atoms with Crippen molar-refractivity contribution in [1.29, 1.82) is 0 Å². The Balaban J connectivity index is 1.68. The first-order chi connectivity index (χ1) is 13.0. The van der Waals surface area contributed by atoms with Crippen LogP contribution in [-0.4, -0.2) is 19.5 Å². The molecule has 140 valence electrons. The highest BCUT2D eigenvalue weighted by molar-refractivity contribution is 7.98. The van der Waals surface area contributed by atoms with E-state index in [1.165, 1.54) is 0 Å². The molecule has 0 bridgehead atoms. The molecular formula is C19H19ClN4OS2. The summed E-state index contributed by atoms with van der Waals surface area (Å²) in [6, 6.07) is 5.78. The quantitative estimate of drug-likeness (QED) is 0.446. The van der Waals surface area contributed by atoms with Gasteiger partial charge in [0.05, 0.1) is 22.2 Å². The average Bonchev–Trinajstić information content (AvgIpc) is 3.10. The summed E-state index contributed by atoms with van der Waals surface area (Å²) in [6.07, 6.45) is 1.01. The van der Waals surface area contributed by atoms with Crippen LogP contribution in [0.1, 0.15) is 29.6 Å². The normalized spacial score (nSPS) is 11.7. The third-order valence-electron chi connectivity index (χ3n) is 4.55. The van der Waals surface area contributed by atoms with Gasteiger partial charge in [0.2, 0.25) is 0 Å². The van der Waals surface area contributed by atoms with Crippen molar-refractivity contribution in [2.24, 2.45) is 0 Å². The number of H-pyrrole nitrogens is 1. The molecule has 1 aromatic carbocycles. The summed E-state index contributed by atoms with van der Waals surface area (Å²) in [5, 5.41) is 2.30. The molecule has 0 fully saturated rings. The topological polar surface area (TPSA) is 63.6 Å². The molecule has 0 spiro atoms. The van der Waals surface area contributed by atoms with Crippen LogP contribution in [0.2, 0.25) is 5.02 Å². The van der Waals surface area contributed by atoms with E-state index in [0.29, 0.717) is 22.0 Å². The van der Waals surface area contributed by atoms with Gasteiger partial charge in [-0.05, 0) is 44.0 Å². The first-order valence-corrected chi connectivity index (χ1v) is 10.9. The Morgan fingerprint density at radius 3 is 2.89 bits per heavy atom. The number of nitrogens with zero attached hydrogens (tertiary/aromatic N) is 3. The summed E-state index contributed by atoms with van der Waals surface area (Å²) in [5.74, 6) is 1.23. The standard InChI is InChI=1S/C19H19ClN4OS2/c1-4-7-24-14-6-5-12(20)8-13(14)21-19(24)26-9-15-22-17(25)16-10(2)11(3)27-18(16)23-15/h5-6,8H,4,7,9H2,1-3H3,(H,22,23,25). The predicted octanol–water partition coefficient (Wildman–Crippen LogP) is 5.31. The molecule has 3 aromatic heterocycles. The Morgan fingerprint density at radius 2 is 2.11 bits per heavy atom. The van der Waals surface area contributed by atoms with Gasteiger partial charge >= 0.3 is 0 Å². The lowest BCUT2D eigenvalue weighted by Gasteiger charge is -2.07. The van der Waals surface area contributed by atoms with Gasteiger partial charge in [-0.3, -0.25) is 4.79 Å². The SMILES string of the molecule is CCCn1c(SCc2nc3sc(C)c(C)c3c(=O)[nH]2)nc2cc(Cl)ccc21. The monoisotopic (exact) mass is 418 g/mol. The molecule has 4 rings (SSSR count). The third-order valence-corrected chi connectivity index (χ3v) is 6.87. The third kappa shape index (κ3) is 3.39. The Labute approximate surface area is 169 Å². The lowest BCUT2D eigenvalue weighted by Crippen LogP contribution is -2.11. The number of fused-ring (bicyclic) bond motifs is 2. The zero-order chi connectivity index (χ0) is 19.1. The fraction of sp³-hybridized carbons (Fsp3) is 0.316. The van der Waals surface area contributed by atoms with E-state index in [4.69, 9.17) is 16.6 Å². The summed E-state index contributed by atoms with van der Waals surface area (Å²) in [6.45, 7) is 7.02. The molecule has 0 aliphatic rings. The van der Waals surface area contributed by atoms with E-state index < -0.39 is 0 Å². The molecule has 0 saturated carbocycles. The summed E-state index contributed by atoms with van der Waals surface area (Å²) in [4.78, 5) is 26.7.